The maximum Gasteiger partial charge on any atom is 0.306 e. The standard InChI is InChI=1S/C17H16ClNO5/c1-23-15-7-4-12(10-14(15)18)19-17(22)11-2-5-13(6-3-11)24-9-8-16(20)21/h2-7,10H,8-9H2,1H3,(H,19,22)(H,20,21). The highest BCUT2D eigenvalue weighted by Gasteiger charge is 2.08. The minimum absolute atomic E-state index is 0.0746. The number of nitrogens with one attached hydrogen (secondary N) is 1. The van der Waals surface area contributed by atoms with Crippen LogP contribution in [0.15, 0.2) is 42.5 Å². The number of carbonyl (C=O) groups is 2. The molecule has 0 spiro atoms. The zero-order valence-corrected chi connectivity index (χ0v) is 13.7. The van der Waals surface area contributed by atoms with Gasteiger partial charge in [-0.1, -0.05) is 11.6 Å². The van der Waals surface area contributed by atoms with Crippen LogP contribution in [0, 0.1) is 0 Å². The molecule has 2 rings (SSSR count). The van der Waals surface area contributed by atoms with E-state index in [1.54, 1.807) is 42.5 Å². The van der Waals surface area contributed by atoms with Crippen molar-refractivity contribution in [3.05, 3.63) is 53.1 Å². The van der Waals surface area contributed by atoms with Crippen molar-refractivity contribution in [1.82, 2.24) is 0 Å². The summed E-state index contributed by atoms with van der Waals surface area (Å²) in [5.41, 5.74) is 0.986. The van der Waals surface area contributed by atoms with Crippen LogP contribution in [0.3, 0.4) is 0 Å². The molecule has 0 saturated carbocycles. The number of halogens is 1. The predicted octanol–water partition coefficient (Wildman–Crippen LogP) is 3.45. The third-order valence-corrected chi connectivity index (χ3v) is 3.41. The van der Waals surface area contributed by atoms with Crippen LogP contribution >= 0.6 is 11.6 Å². The van der Waals surface area contributed by atoms with Gasteiger partial charge in [0.2, 0.25) is 0 Å². The molecular weight excluding hydrogens is 334 g/mol. The van der Waals surface area contributed by atoms with E-state index in [0.29, 0.717) is 27.8 Å². The minimum Gasteiger partial charge on any atom is -0.495 e. The second-order valence-corrected chi connectivity index (χ2v) is 5.23. The van der Waals surface area contributed by atoms with E-state index >= 15 is 0 Å². The van der Waals surface area contributed by atoms with Gasteiger partial charge in [-0.25, -0.2) is 0 Å². The molecule has 0 aliphatic carbocycles. The summed E-state index contributed by atoms with van der Waals surface area (Å²) in [7, 11) is 1.51. The van der Waals surface area contributed by atoms with E-state index in [1.165, 1.54) is 7.11 Å². The average molecular weight is 350 g/mol. The summed E-state index contributed by atoms with van der Waals surface area (Å²) < 4.78 is 10.3. The van der Waals surface area contributed by atoms with Crippen LogP contribution < -0.4 is 14.8 Å². The maximum atomic E-state index is 12.2. The van der Waals surface area contributed by atoms with Gasteiger partial charge in [0.25, 0.3) is 5.91 Å². The van der Waals surface area contributed by atoms with E-state index in [1.807, 2.05) is 0 Å². The molecule has 2 aromatic carbocycles. The quantitative estimate of drug-likeness (QED) is 0.799. The smallest absolute Gasteiger partial charge is 0.306 e. The molecule has 1 amide bonds. The highest BCUT2D eigenvalue weighted by atomic mass is 35.5. The highest BCUT2D eigenvalue weighted by molar-refractivity contribution is 6.32. The van der Waals surface area contributed by atoms with Crippen LogP contribution in [-0.2, 0) is 4.79 Å². The van der Waals surface area contributed by atoms with Crippen molar-refractivity contribution >= 4 is 29.2 Å². The van der Waals surface area contributed by atoms with Gasteiger partial charge in [0, 0.05) is 11.3 Å². The lowest BCUT2D eigenvalue weighted by Crippen LogP contribution is -2.12. The van der Waals surface area contributed by atoms with Gasteiger partial charge in [0.1, 0.15) is 11.5 Å². The van der Waals surface area contributed by atoms with E-state index in [9.17, 15) is 9.59 Å². The van der Waals surface area contributed by atoms with Crippen LogP contribution in [0.25, 0.3) is 0 Å². The Morgan fingerprint density at radius 1 is 1.17 bits per heavy atom. The number of benzene rings is 2. The van der Waals surface area contributed by atoms with Gasteiger partial charge < -0.3 is 19.9 Å². The number of hydrogen-bond acceptors (Lipinski definition) is 4. The summed E-state index contributed by atoms with van der Waals surface area (Å²) in [6.45, 7) is 0.0746. The lowest BCUT2D eigenvalue weighted by atomic mass is 10.2. The Kier molecular flexibility index (Phi) is 6.03. The van der Waals surface area contributed by atoms with Crippen molar-refractivity contribution in [2.75, 3.05) is 19.0 Å². The van der Waals surface area contributed by atoms with Gasteiger partial charge in [-0.2, -0.15) is 0 Å². The van der Waals surface area contributed by atoms with Gasteiger partial charge in [-0.15, -0.1) is 0 Å². The highest BCUT2D eigenvalue weighted by Crippen LogP contribution is 2.27. The minimum atomic E-state index is -0.927. The molecule has 0 aliphatic heterocycles. The molecule has 2 aromatic rings. The molecule has 0 aromatic heterocycles. The summed E-state index contributed by atoms with van der Waals surface area (Å²) in [6.07, 6.45) is -0.0829. The Labute approximate surface area is 144 Å². The molecule has 0 bridgehead atoms. The number of hydrogen-bond donors (Lipinski definition) is 2. The summed E-state index contributed by atoms with van der Waals surface area (Å²) in [6, 6.07) is 11.4. The van der Waals surface area contributed by atoms with Crippen molar-refractivity contribution in [2.45, 2.75) is 6.42 Å². The van der Waals surface area contributed by atoms with E-state index in [-0.39, 0.29) is 18.9 Å². The Hall–Kier alpha value is -2.73. The number of aliphatic carboxylic acids is 1. The molecule has 0 fully saturated rings. The normalized spacial score (nSPS) is 10.1. The number of carbonyl (C=O) groups excluding carboxylic acids is 1. The maximum absolute atomic E-state index is 12.2. The average Bonchev–Trinajstić information content (AvgIpc) is 2.55. The summed E-state index contributed by atoms with van der Waals surface area (Å²) in [5.74, 6) is -0.199. The van der Waals surface area contributed by atoms with Gasteiger partial charge in [-0.3, -0.25) is 9.59 Å². The first-order chi connectivity index (χ1) is 11.5. The zero-order chi connectivity index (χ0) is 17.5. The van der Waals surface area contributed by atoms with Crippen LogP contribution in [0.2, 0.25) is 5.02 Å². The van der Waals surface area contributed by atoms with Gasteiger partial charge in [0.15, 0.2) is 0 Å². The molecular formula is C17H16ClNO5. The van der Waals surface area contributed by atoms with Gasteiger partial charge >= 0.3 is 5.97 Å². The zero-order valence-electron chi connectivity index (χ0n) is 12.9. The van der Waals surface area contributed by atoms with E-state index in [2.05, 4.69) is 5.32 Å². The fraction of sp³-hybridized carbons (Fsp3) is 0.176. The SMILES string of the molecule is COc1ccc(NC(=O)c2ccc(OCCC(=O)O)cc2)cc1Cl. The molecule has 24 heavy (non-hydrogen) atoms. The van der Waals surface area contributed by atoms with E-state index in [0.717, 1.165) is 0 Å². The van der Waals surface area contributed by atoms with Crippen molar-refractivity contribution in [2.24, 2.45) is 0 Å². The Bertz CT molecular complexity index is 730. The molecule has 7 heteroatoms. The number of methoxy groups -OCH3 is 1. The first-order valence-corrected chi connectivity index (χ1v) is 7.47. The number of amides is 1. The Balaban J connectivity index is 1.97. The fourth-order valence-electron chi connectivity index (χ4n) is 1.91. The predicted molar refractivity (Wildman–Crippen MR) is 90.1 cm³/mol. The first-order valence-electron chi connectivity index (χ1n) is 7.09. The van der Waals surface area contributed by atoms with Crippen molar-refractivity contribution < 1.29 is 24.2 Å². The second kappa shape index (κ2) is 8.21. The molecule has 0 heterocycles. The molecule has 0 aliphatic rings. The number of carboxylic acids is 1. The van der Waals surface area contributed by atoms with Crippen molar-refractivity contribution in [3.63, 3.8) is 0 Å². The number of ether oxygens (including phenoxy) is 2. The summed E-state index contributed by atoms with van der Waals surface area (Å²) in [4.78, 5) is 22.6. The van der Waals surface area contributed by atoms with E-state index in [4.69, 9.17) is 26.2 Å². The number of anilines is 1. The molecule has 0 saturated heterocycles. The van der Waals surface area contributed by atoms with Crippen LogP contribution in [0.5, 0.6) is 11.5 Å². The second-order valence-electron chi connectivity index (χ2n) is 4.82. The Morgan fingerprint density at radius 3 is 2.46 bits per heavy atom. The third-order valence-electron chi connectivity index (χ3n) is 3.11. The summed E-state index contributed by atoms with van der Waals surface area (Å²) >= 11 is 6.02. The van der Waals surface area contributed by atoms with E-state index < -0.39 is 5.97 Å². The Morgan fingerprint density at radius 2 is 1.88 bits per heavy atom. The topological polar surface area (TPSA) is 84.9 Å². The first kappa shape index (κ1) is 17.6. The molecule has 2 N–H and O–H groups in total. The van der Waals surface area contributed by atoms with Crippen LogP contribution in [0.1, 0.15) is 16.8 Å². The molecule has 0 radical (unpaired) electrons. The fourth-order valence-corrected chi connectivity index (χ4v) is 2.16. The van der Waals surface area contributed by atoms with Crippen molar-refractivity contribution in [3.8, 4) is 11.5 Å². The number of carboxylic acid groups (broad SMARTS) is 1. The van der Waals surface area contributed by atoms with Gasteiger partial charge in [-0.05, 0) is 42.5 Å². The molecule has 0 unspecified atom stereocenters. The molecule has 126 valence electrons. The molecule has 6 nitrogen and oxygen atoms in total. The summed E-state index contributed by atoms with van der Waals surface area (Å²) in [5, 5.41) is 11.7. The van der Waals surface area contributed by atoms with Crippen LogP contribution in [-0.4, -0.2) is 30.7 Å². The third kappa shape index (κ3) is 4.89. The molecule has 0 atom stereocenters. The lowest BCUT2D eigenvalue weighted by Gasteiger charge is -2.09. The lowest BCUT2D eigenvalue weighted by molar-refractivity contribution is -0.137. The largest absolute Gasteiger partial charge is 0.495 e. The monoisotopic (exact) mass is 349 g/mol. The van der Waals surface area contributed by atoms with Gasteiger partial charge in [0.05, 0.1) is 25.2 Å². The van der Waals surface area contributed by atoms with Crippen molar-refractivity contribution in [1.29, 1.82) is 0 Å². The van der Waals surface area contributed by atoms with Crippen LogP contribution in [0.4, 0.5) is 5.69 Å². The number of rotatable bonds is 7.